The van der Waals surface area contributed by atoms with Gasteiger partial charge < -0.3 is 20.7 Å². The summed E-state index contributed by atoms with van der Waals surface area (Å²) in [7, 11) is 0. The van der Waals surface area contributed by atoms with E-state index in [4.69, 9.17) is 4.74 Å². The van der Waals surface area contributed by atoms with Crippen molar-refractivity contribution in [2.75, 3.05) is 18.5 Å². The first-order chi connectivity index (χ1) is 12.9. The minimum absolute atomic E-state index is 0.103. The highest BCUT2D eigenvalue weighted by atomic mass is 79.9. The number of ether oxygens (including phenoxy) is 1. The second-order valence-corrected chi connectivity index (χ2v) is 8.02. The van der Waals surface area contributed by atoms with Crippen LogP contribution in [-0.2, 0) is 9.59 Å². The van der Waals surface area contributed by atoms with Crippen LogP contribution in [-0.4, -0.2) is 36.9 Å². The number of carbonyl (C=O) groups is 3. The van der Waals surface area contributed by atoms with Gasteiger partial charge in [-0.1, -0.05) is 6.07 Å². The fourth-order valence-electron chi connectivity index (χ4n) is 2.08. The third-order valence-electron chi connectivity index (χ3n) is 3.38. The van der Waals surface area contributed by atoms with Crippen LogP contribution in [0.4, 0.5) is 5.69 Å². The molecule has 3 amide bonds. The van der Waals surface area contributed by atoms with Crippen molar-refractivity contribution in [1.29, 1.82) is 0 Å². The Morgan fingerprint density at radius 3 is 2.67 bits per heavy atom. The number of benzene rings is 1. The standard InChI is InChI=1S/C18H20BrN3O4S/c1-3-20-16(23)10-26-13-6-4-5-12(9-13)22-17(24)11(2)21-18(25)14-7-8-15(19)27-14/h4-9,11H,3,10H2,1-2H3,(H,20,23)(H,21,25)(H,22,24). The largest absolute Gasteiger partial charge is 0.484 e. The van der Waals surface area contributed by atoms with Crippen molar-refractivity contribution in [3.05, 3.63) is 45.1 Å². The normalized spacial score (nSPS) is 11.4. The molecule has 0 aliphatic heterocycles. The number of nitrogens with one attached hydrogen (secondary N) is 3. The molecular weight excluding hydrogens is 434 g/mol. The molecule has 2 rings (SSSR count). The Labute approximate surface area is 169 Å². The van der Waals surface area contributed by atoms with E-state index in [1.54, 1.807) is 43.3 Å². The second-order valence-electron chi connectivity index (χ2n) is 5.56. The molecule has 9 heteroatoms. The van der Waals surface area contributed by atoms with Crippen molar-refractivity contribution in [1.82, 2.24) is 10.6 Å². The van der Waals surface area contributed by atoms with Crippen molar-refractivity contribution in [3.63, 3.8) is 0 Å². The molecule has 7 nitrogen and oxygen atoms in total. The summed E-state index contributed by atoms with van der Waals surface area (Å²) >= 11 is 4.59. The summed E-state index contributed by atoms with van der Waals surface area (Å²) in [5.41, 5.74) is 0.508. The van der Waals surface area contributed by atoms with Crippen LogP contribution in [0.3, 0.4) is 0 Å². The average Bonchev–Trinajstić information content (AvgIpc) is 3.07. The van der Waals surface area contributed by atoms with Crippen LogP contribution < -0.4 is 20.7 Å². The van der Waals surface area contributed by atoms with Crippen molar-refractivity contribution in [2.24, 2.45) is 0 Å². The first-order valence-corrected chi connectivity index (χ1v) is 9.86. The van der Waals surface area contributed by atoms with Gasteiger partial charge >= 0.3 is 0 Å². The first-order valence-electron chi connectivity index (χ1n) is 8.25. The van der Waals surface area contributed by atoms with Crippen molar-refractivity contribution in [2.45, 2.75) is 19.9 Å². The summed E-state index contributed by atoms with van der Waals surface area (Å²) in [6, 6.07) is 9.44. The van der Waals surface area contributed by atoms with Gasteiger partial charge in [0, 0.05) is 18.3 Å². The molecule has 0 aliphatic carbocycles. The third kappa shape index (κ3) is 6.69. The van der Waals surface area contributed by atoms with E-state index >= 15 is 0 Å². The van der Waals surface area contributed by atoms with Gasteiger partial charge in [0.2, 0.25) is 5.91 Å². The van der Waals surface area contributed by atoms with Crippen LogP contribution in [0.15, 0.2) is 40.2 Å². The maximum atomic E-state index is 12.3. The summed E-state index contributed by atoms with van der Waals surface area (Å²) in [5, 5.41) is 8.00. The smallest absolute Gasteiger partial charge is 0.262 e. The molecule has 0 saturated heterocycles. The molecule has 2 aromatic rings. The quantitative estimate of drug-likeness (QED) is 0.572. The highest BCUT2D eigenvalue weighted by Gasteiger charge is 2.18. The lowest BCUT2D eigenvalue weighted by Crippen LogP contribution is -2.41. The lowest BCUT2D eigenvalue weighted by Gasteiger charge is -2.14. The molecule has 144 valence electrons. The Morgan fingerprint density at radius 1 is 1.22 bits per heavy atom. The molecule has 3 N–H and O–H groups in total. The molecule has 0 radical (unpaired) electrons. The summed E-state index contributed by atoms with van der Waals surface area (Å²) in [5.74, 6) is -0.435. The molecule has 0 fully saturated rings. The fourth-order valence-corrected chi connectivity index (χ4v) is 3.37. The van der Waals surface area contributed by atoms with Crippen LogP contribution in [0.25, 0.3) is 0 Å². The van der Waals surface area contributed by atoms with Crippen molar-refractivity contribution >= 4 is 50.7 Å². The van der Waals surface area contributed by atoms with Gasteiger partial charge in [-0.3, -0.25) is 14.4 Å². The number of thiophene rings is 1. The van der Waals surface area contributed by atoms with Gasteiger partial charge in [0.1, 0.15) is 11.8 Å². The van der Waals surface area contributed by atoms with Gasteiger partial charge in [0.25, 0.3) is 11.8 Å². The van der Waals surface area contributed by atoms with E-state index in [0.29, 0.717) is 22.9 Å². The zero-order valence-electron chi connectivity index (χ0n) is 14.9. The van der Waals surface area contributed by atoms with Gasteiger partial charge in [-0.05, 0) is 54.0 Å². The number of hydrogen-bond donors (Lipinski definition) is 3. The molecule has 1 unspecified atom stereocenters. The Kier molecular flexibility index (Phi) is 7.81. The Morgan fingerprint density at radius 2 is 2.00 bits per heavy atom. The zero-order valence-corrected chi connectivity index (χ0v) is 17.3. The predicted molar refractivity (Wildman–Crippen MR) is 108 cm³/mol. The summed E-state index contributed by atoms with van der Waals surface area (Å²) in [4.78, 5) is 36.4. The van der Waals surface area contributed by atoms with Crippen LogP contribution in [0.5, 0.6) is 5.75 Å². The molecule has 0 bridgehead atoms. The minimum atomic E-state index is -0.724. The number of anilines is 1. The number of amides is 3. The fraction of sp³-hybridized carbons (Fsp3) is 0.278. The van der Waals surface area contributed by atoms with E-state index < -0.39 is 6.04 Å². The highest BCUT2D eigenvalue weighted by molar-refractivity contribution is 9.11. The molecule has 0 aliphatic rings. The maximum Gasteiger partial charge on any atom is 0.262 e. The van der Waals surface area contributed by atoms with E-state index in [9.17, 15) is 14.4 Å². The molecular formula is C18H20BrN3O4S. The molecule has 1 atom stereocenters. The lowest BCUT2D eigenvalue weighted by molar-refractivity contribution is -0.123. The van der Waals surface area contributed by atoms with Gasteiger partial charge in [0.15, 0.2) is 6.61 Å². The molecule has 1 aromatic heterocycles. The van der Waals surface area contributed by atoms with Gasteiger partial charge in [-0.2, -0.15) is 0 Å². The van der Waals surface area contributed by atoms with Crippen LogP contribution in [0, 0.1) is 0 Å². The number of halogens is 1. The van der Waals surface area contributed by atoms with Gasteiger partial charge in [-0.25, -0.2) is 0 Å². The third-order valence-corrected chi connectivity index (χ3v) is 5.01. The summed E-state index contributed by atoms with van der Waals surface area (Å²) in [6.45, 7) is 3.86. The van der Waals surface area contributed by atoms with E-state index in [-0.39, 0.29) is 24.3 Å². The minimum Gasteiger partial charge on any atom is -0.484 e. The molecule has 1 heterocycles. The number of likely N-dealkylation sites (N-methyl/N-ethyl adjacent to an activating group) is 1. The predicted octanol–water partition coefficient (Wildman–Crippen LogP) is 2.78. The van der Waals surface area contributed by atoms with E-state index in [1.807, 2.05) is 6.92 Å². The summed E-state index contributed by atoms with van der Waals surface area (Å²) < 4.78 is 6.23. The molecule has 1 aromatic carbocycles. The van der Waals surface area contributed by atoms with Gasteiger partial charge in [-0.15, -0.1) is 11.3 Å². The number of carbonyl (C=O) groups excluding carboxylic acids is 3. The van der Waals surface area contributed by atoms with E-state index in [0.717, 1.165) is 3.79 Å². The topological polar surface area (TPSA) is 96.5 Å². The summed E-state index contributed by atoms with van der Waals surface area (Å²) in [6.07, 6.45) is 0. The SMILES string of the molecule is CCNC(=O)COc1cccc(NC(=O)C(C)NC(=O)c2ccc(Br)s2)c1. The molecule has 0 saturated carbocycles. The molecule has 27 heavy (non-hydrogen) atoms. The maximum absolute atomic E-state index is 12.3. The lowest BCUT2D eigenvalue weighted by atomic mass is 10.2. The number of hydrogen-bond acceptors (Lipinski definition) is 5. The van der Waals surface area contributed by atoms with E-state index in [1.165, 1.54) is 11.3 Å². The highest BCUT2D eigenvalue weighted by Crippen LogP contribution is 2.22. The first kappa shape index (κ1) is 20.9. The van der Waals surface area contributed by atoms with Crippen LogP contribution in [0.2, 0.25) is 0 Å². The van der Waals surface area contributed by atoms with Gasteiger partial charge in [0.05, 0.1) is 8.66 Å². The van der Waals surface area contributed by atoms with Crippen molar-refractivity contribution < 1.29 is 19.1 Å². The average molecular weight is 454 g/mol. The Bertz CT molecular complexity index is 824. The van der Waals surface area contributed by atoms with Crippen molar-refractivity contribution in [3.8, 4) is 5.75 Å². The van der Waals surface area contributed by atoms with Crippen LogP contribution >= 0.6 is 27.3 Å². The Balaban J connectivity index is 1.89. The Hall–Kier alpha value is -2.39. The second kappa shape index (κ2) is 10.1. The monoisotopic (exact) mass is 453 g/mol. The van der Waals surface area contributed by atoms with Crippen LogP contribution in [0.1, 0.15) is 23.5 Å². The van der Waals surface area contributed by atoms with E-state index in [2.05, 4.69) is 31.9 Å². The number of rotatable bonds is 8. The zero-order chi connectivity index (χ0) is 19.8. The molecule has 0 spiro atoms.